The van der Waals surface area contributed by atoms with Gasteiger partial charge < -0.3 is 10.6 Å². The number of anilines is 3. The Balaban J connectivity index is 2.40. The molecule has 2 aromatic rings. The van der Waals surface area contributed by atoms with Gasteiger partial charge in [0.05, 0.1) is 11.4 Å². The van der Waals surface area contributed by atoms with Gasteiger partial charge in [-0.1, -0.05) is 12.1 Å². The summed E-state index contributed by atoms with van der Waals surface area (Å²) in [5.41, 5.74) is 9.08. The highest BCUT2D eigenvalue weighted by molar-refractivity contribution is 5.74. The zero-order chi connectivity index (χ0) is 12.4. The molecule has 0 heterocycles. The van der Waals surface area contributed by atoms with Crippen molar-refractivity contribution in [3.8, 4) is 0 Å². The molecule has 0 saturated heterocycles. The highest BCUT2D eigenvalue weighted by Gasteiger charge is 2.08. The number of hydrogen-bond donors (Lipinski definition) is 1. The Hall–Kier alpha value is -2.03. The van der Waals surface area contributed by atoms with Gasteiger partial charge in [-0.2, -0.15) is 0 Å². The molecule has 2 nitrogen and oxygen atoms in total. The Morgan fingerprint density at radius 1 is 1.12 bits per heavy atom. The number of rotatable bonds is 2. The molecular formula is C14H15FN2. The van der Waals surface area contributed by atoms with Crippen molar-refractivity contribution < 1.29 is 4.39 Å². The van der Waals surface area contributed by atoms with E-state index in [0.717, 1.165) is 11.4 Å². The molecule has 0 radical (unpaired) electrons. The second kappa shape index (κ2) is 4.45. The van der Waals surface area contributed by atoms with Gasteiger partial charge in [0.2, 0.25) is 0 Å². The molecule has 0 spiro atoms. The van der Waals surface area contributed by atoms with Crippen molar-refractivity contribution in [3.63, 3.8) is 0 Å². The lowest BCUT2D eigenvalue weighted by molar-refractivity contribution is 0.618. The topological polar surface area (TPSA) is 29.3 Å². The van der Waals surface area contributed by atoms with E-state index in [1.54, 1.807) is 13.0 Å². The maximum absolute atomic E-state index is 13.2. The average molecular weight is 230 g/mol. The fourth-order valence-corrected chi connectivity index (χ4v) is 1.77. The summed E-state index contributed by atoms with van der Waals surface area (Å²) in [5, 5.41) is 0. The summed E-state index contributed by atoms with van der Waals surface area (Å²) in [5.74, 6) is -0.191. The molecule has 2 N–H and O–H groups in total. The van der Waals surface area contributed by atoms with Crippen LogP contribution < -0.4 is 10.6 Å². The van der Waals surface area contributed by atoms with Gasteiger partial charge in [0, 0.05) is 12.7 Å². The van der Waals surface area contributed by atoms with E-state index in [-0.39, 0.29) is 5.82 Å². The smallest absolute Gasteiger partial charge is 0.126 e. The molecule has 0 fully saturated rings. The number of aryl methyl sites for hydroxylation is 1. The van der Waals surface area contributed by atoms with Gasteiger partial charge in [-0.05, 0) is 42.8 Å². The van der Waals surface area contributed by atoms with Crippen LogP contribution in [-0.2, 0) is 0 Å². The first kappa shape index (κ1) is 11.5. The van der Waals surface area contributed by atoms with Gasteiger partial charge in [-0.3, -0.25) is 0 Å². The van der Waals surface area contributed by atoms with Crippen LogP contribution in [0, 0.1) is 12.7 Å². The van der Waals surface area contributed by atoms with Crippen molar-refractivity contribution in [1.29, 1.82) is 0 Å². The van der Waals surface area contributed by atoms with E-state index in [0.29, 0.717) is 11.3 Å². The fraction of sp³-hybridized carbons (Fsp3) is 0.143. The SMILES string of the molecule is Cc1cc(N(C)c2ccccc2N)ccc1F. The van der Waals surface area contributed by atoms with Crippen LogP contribution in [0.15, 0.2) is 42.5 Å². The zero-order valence-electron chi connectivity index (χ0n) is 9.94. The number of benzene rings is 2. The predicted octanol–water partition coefficient (Wildman–Crippen LogP) is 3.48. The van der Waals surface area contributed by atoms with Gasteiger partial charge in [0.15, 0.2) is 0 Å². The Kier molecular flexibility index (Phi) is 3.00. The highest BCUT2D eigenvalue weighted by Crippen LogP contribution is 2.29. The lowest BCUT2D eigenvalue weighted by atomic mass is 10.1. The Morgan fingerprint density at radius 3 is 2.47 bits per heavy atom. The van der Waals surface area contributed by atoms with Crippen molar-refractivity contribution >= 4 is 17.1 Å². The van der Waals surface area contributed by atoms with E-state index >= 15 is 0 Å². The van der Waals surface area contributed by atoms with Crippen LogP contribution in [-0.4, -0.2) is 7.05 Å². The van der Waals surface area contributed by atoms with E-state index < -0.39 is 0 Å². The van der Waals surface area contributed by atoms with E-state index in [2.05, 4.69) is 0 Å². The third kappa shape index (κ3) is 2.23. The molecule has 0 aromatic heterocycles. The van der Waals surface area contributed by atoms with Crippen molar-refractivity contribution in [2.45, 2.75) is 6.92 Å². The Morgan fingerprint density at radius 2 is 1.82 bits per heavy atom. The van der Waals surface area contributed by atoms with Crippen molar-refractivity contribution in [3.05, 3.63) is 53.8 Å². The van der Waals surface area contributed by atoms with Crippen molar-refractivity contribution in [2.24, 2.45) is 0 Å². The number of halogens is 1. The summed E-state index contributed by atoms with van der Waals surface area (Å²) in [6.45, 7) is 1.75. The first-order valence-electron chi connectivity index (χ1n) is 5.44. The molecule has 0 unspecified atom stereocenters. The summed E-state index contributed by atoms with van der Waals surface area (Å²) in [6, 6.07) is 12.6. The standard InChI is InChI=1S/C14H15FN2/c1-10-9-11(7-8-12(10)15)17(2)14-6-4-3-5-13(14)16/h3-9H,16H2,1-2H3. The molecule has 2 aromatic carbocycles. The van der Waals surface area contributed by atoms with Crippen molar-refractivity contribution in [1.82, 2.24) is 0 Å². The van der Waals surface area contributed by atoms with E-state index in [9.17, 15) is 4.39 Å². The van der Waals surface area contributed by atoms with Gasteiger partial charge >= 0.3 is 0 Å². The molecule has 3 heteroatoms. The van der Waals surface area contributed by atoms with Crippen LogP contribution in [0.5, 0.6) is 0 Å². The monoisotopic (exact) mass is 230 g/mol. The maximum atomic E-state index is 13.2. The summed E-state index contributed by atoms with van der Waals surface area (Å²) >= 11 is 0. The molecular weight excluding hydrogens is 215 g/mol. The van der Waals surface area contributed by atoms with E-state index in [1.807, 2.05) is 42.3 Å². The fourth-order valence-electron chi connectivity index (χ4n) is 1.77. The number of nitrogen functional groups attached to an aromatic ring is 1. The first-order chi connectivity index (χ1) is 8.09. The normalized spacial score (nSPS) is 10.3. The molecule has 2 rings (SSSR count). The molecule has 0 aliphatic carbocycles. The lowest BCUT2D eigenvalue weighted by Gasteiger charge is -2.21. The van der Waals surface area contributed by atoms with Crippen molar-refractivity contribution in [2.75, 3.05) is 17.7 Å². The summed E-state index contributed by atoms with van der Waals surface area (Å²) in [7, 11) is 1.92. The second-order valence-corrected chi connectivity index (χ2v) is 4.05. The molecule has 88 valence electrons. The van der Waals surface area contributed by atoms with Crippen LogP contribution in [0.1, 0.15) is 5.56 Å². The molecule has 0 amide bonds. The highest BCUT2D eigenvalue weighted by atomic mass is 19.1. The first-order valence-corrected chi connectivity index (χ1v) is 5.44. The molecule has 0 saturated carbocycles. The van der Waals surface area contributed by atoms with Crippen LogP contribution >= 0.6 is 0 Å². The van der Waals surface area contributed by atoms with Crippen LogP contribution in [0.25, 0.3) is 0 Å². The summed E-state index contributed by atoms with van der Waals surface area (Å²) in [4.78, 5) is 1.95. The Labute approximate surface area is 100 Å². The average Bonchev–Trinajstić information content (AvgIpc) is 2.32. The molecule has 0 aliphatic rings. The third-order valence-corrected chi connectivity index (χ3v) is 2.83. The minimum absolute atomic E-state index is 0.191. The molecule has 0 atom stereocenters. The van der Waals surface area contributed by atoms with Gasteiger partial charge in [0.25, 0.3) is 0 Å². The van der Waals surface area contributed by atoms with Gasteiger partial charge in [-0.15, -0.1) is 0 Å². The quantitative estimate of drug-likeness (QED) is 0.800. The van der Waals surface area contributed by atoms with E-state index in [1.165, 1.54) is 6.07 Å². The minimum Gasteiger partial charge on any atom is -0.397 e. The minimum atomic E-state index is -0.191. The molecule has 17 heavy (non-hydrogen) atoms. The molecule has 0 aliphatic heterocycles. The summed E-state index contributed by atoms with van der Waals surface area (Å²) < 4.78 is 13.2. The summed E-state index contributed by atoms with van der Waals surface area (Å²) in [6.07, 6.45) is 0. The zero-order valence-corrected chi connectivity index (χ0v) is 9.94. The van der Waals surface area contributed by atoms with E-state index in [4.69, 9.17) is 5.73 Å². The van der Waals surface area contributed by atoms with Crippen LogP contribution in [0.4, 0.5) is 21.5 Å². The third-order valence-electron chi connectivity index (χ3n) is 2.83. The molecule has 0 bridgehead atoms. The number of hydrogen-bond acceptors (Lipinski definition) is 2. The Bertz CT molecular complexity index is 537. The number of para-hydroxylation sites is 2. The lowest BCUT2D eigenvalue weighted by Crippen LogP contribution is -2.11. The maximum Gasteiger partial charge on any atom is 0.126 e. The van der Waals surface area contributed by atoms with Gasteiger partial charge in [-0.25, -0.2) is 4.39 Å². The largest absolute Gasteiger partial charge is 0.397 e. The van der Waals surface area contributed by atoms with Gasteiger partial charge in [0.1, 0.15) is 5.82 Å². The van der Waals surface area contributed by atoms with Crippen LogP contribution in [0.2, 0.25) is 0 Å². The predicted molar refractivity (Wildman–Crippen MR) is 70.1 cm³/mol. The van der Waals surface area contributed by atoms with Crippen LogP contribution in [0.3, 0.4) is 0 Å². The number of nitrogens with zero attached hydrogens (tertiary/aromatic N) is 1. The second-order valence-electron chi connectivity index (χ2n) is 4.05. The number of nitrogens with two attached hydrogens (primary N) is 1.